The van der Waals surface area contributed by atoms with Crippen molar-refractivity contribution in [2.75, 3.05) is 0 Å². The Hall–Kier alpha value is -5.12. The Labute approximate surface area is 237 Å². The van der Waals surface area contributed by atoms with Crippen LogP contribution >= 0.6 is 0 Å². The molecule has 0 saturated carbocycles. The molecule has 0 aliphatic rings. The van der Waals surface area contributed by atoms with E-state index in [1.54, 1.807) is 0 Å². The van der Waals surface area contributed by atoms with Crippen molar-refractivity contribution in [1.82, 2.24) is 0 Å². The Morgan fingerprint density at radius 3 is 1.10 bits per heavy atom. The van der Waals surface area contributed by atoms with Crippen molar-refractivity contribution in [1.29, 1.82) is 0 Å². The van der Waals surface area contributed by atoms with Crippen LogP contribution in [0, 0.1) is 25.7 Å². The molecule has 0 aliphatic carbocycles. The van der Waals surface area contributed by atoms with Crippen molar-refractivity contribution in [2.45, 2.75) is 13.8 Å². The number of rotatable bonds is 4. The van der Waals surface area contributed by atoms with Gasteiger partial charge in [-0.15, -0.1) is 0 Å². The maximum Gasteiger partial charge on any atom is 0.0255 e. The van der Waals surface area contributed by atoms with E-state index < -0.39 is 0 Å². The SMILES string of the molecule is Cc1ccc(C=Cc2ccc3cc(C#Cc4ccc5cc(C=Cc6ccc(C)cc6)ccc5c4)ccc3c2)cc1. The molecule has 0 radical (unpaired) electrons. The zero-order valence-electron chi connectivity index (χ0n) is 22.9. The van der Waals surface area contributed by atoms with Gasteiger partial charge in [0, 0.05) is 11.1 Å². The molecular formula is C40H30. The Balaban J connectivity index is 1.17. The van der Waals surface area contributed by atoms with E-state index in [2.05, 4.69) is 171 Å². The first-order valence-electron chi connectivity index (χ1n) is 13.7. The number of hydrogen-bond donors (Lipinski definition) is 0. The van der Waals surface area contributed by atoms with Crippen LogP contribution in [0.15, 0.2) is 121 Å². The van der Waals surface area contributed by atoms with Crippen molar-refractivity contribution >= 4 is 45.8 Å². The smallest absolute Gasteiger partial charge is 0.0255 e. The summed E-state index contributed by atoms with van der Waals surface area (Å²) in [4.78, 5) is 0. The van der Waals surface area contributed by atoms with Crippen LogP contribution in [0.3, 0.4) is 0 Å². The maximum atomic E-state index is 3.36. The summed E-state index contributed by atoms with van der Waals surface area (Å²) in [5.41, 5.74) is 9.39. The lowest BCUT2D eigenvalue weighted by Gasteiger charge is -2.02. The van der Waals surface area contributed by atoms with E-state index >= 15 is 0 Å². The summed E-state index contributed by atoms with van der Waals surface area (Å²) >= 11 is 0. The third-order valence-electron chi connectivity index (χ3n) is 7.17. The molecule has 0 heterocycles. The van der Waals surface area contributed by atoms with Gasteiger partial charge in [0.2, 0.25) is 0 Å². The molecule has 0 aromatic heterocycles. The first kappa shape index (κ1) is 25.2. The molecule has 6 aromatic carbocycles. The van der Waals surface area contributed by atoms with Gasteiger partial charge in [-0.3, -0.25) is 0 Å². The van der Waals surface area contributed by atoms with E-state index in [9.17, 15) is 0 Å². The van der Waals surface area contributed by atoms with Gasteiger partial charge in [-0.25, -0.2) is 0 Å². The Morgan fingerprint density at radius 2 is 0.675 bits per heavy atom. The zero-order valence-corrected chi connectivity index (χ0v) is 22.9. The van der Waals surface area contributed by atoms with E-state index in [1.165, 1.54) is 54.9 Å². The number of benzene rings is 6. The summed E-state index contributed by atoms with van der Waals surface area (Å²) in [6.45, 7) is 4.22. The van der Waals surface area contributed by atoms with Gasteiger partial charge in [0.1, 0.15) is 0 Å². The molecule has 0 nitrogen and oxygen atoms in total. The highest BCUT2D eigenvalue weighted by molar-refractivity contribution is 5.88. The lowest BCUT2D eigenvalue weighted by atomic mass is 10.0. The first-order chi connectivity index (χ1) is 19.6. The third kappa shape index (κ3) is 6.12. The predicted molar refractivity (Wildman–Crippen MR) is 174 cm³/mol. The van der Waals surface area contributed by atoms with Crippen LogP contribution in [0.1, 0.15) is 44.5 Å². The molecule has 6 aromatic rings. The van der Waals surface area contributed by atoms with E-state index in [4.69, 9.17) is 0 Å². The average Bonchev–Trinajstić information content (AvgIpc) is 2.99. The van der Waals surface area contributed by atoms with Gasteiger partial charge >= 0.3 is 0 Å². The summed E-state index contributed by atoms with van der Waals surface area (Å²) < 4.78 is 0. The quantitative estimate of drug-likeness (QED) is 0.163. The minimum atomic E-state index is 1.02. The first-order valence-corrected chi connectivity index (χ1v) is 13.7. The molecule has 0 amide bonds. The molecule has 0 aliphatic heterocycles. The summed E-state index contributed by atoms with van der Waals surface area (Å²) in [6, 6.07) is 43.2. The van der Waals surface area contributed by atoms with Crippen LogP contribution in [-0.2, 0) is 0 Å². The molecule has 0 spiro atoms. The molecule has 0 N–H and O–H groups in total. The lowest BCUT2D eigenvalue weighted by molar-refractivity contribution is 1.46. The Bertz CT molecular complexity index is 1790. The monoisotopic (exact) mass is 510 g/mol. The highest BCUT2D eigenvalue weighted by Gasteiger charge is 1.99. The van der Waals surface area contributed by atoms with Gasteiger partial charge in [0.25, 0.3) is 0 Å². The van der Waals surface area contributed by atoms with E-state index in [0.29, 0.717) is 0 Å². The van der Waals surface area contributed by atoms with Gasteiger partial charge in [-0.2, -0.15) is 0 Å². The predicted octanol–water partition coefficient (Wildman–Crippen LogP) is 10.4. The summed E-state index contributed by atoms with van der Waals surface area (Å²) in [7, 11) is 0. The van der Waals surface area contributed by atoms with Crippen LogP contribution < -0.4 is 0 Å². The second-order valence-electron chi connectivity index (χ2n) is 10.4. The molecule has 0 heteroatoms. The standard InChI is InChI=1S/C40H30/c1-29-3-7-31(8-4-29)11-13-33-17-21-39-27-35(19-23-37(39)25-33)15-16-36-20-24-38-26-34(18-22-40(38)28-36)14-12-32-9-5-30(2)6-10-32/h3-14,17-28H,1-2H3. The minimum Gasteiger partial charge on any atom is -0.0616 e. The van der Waals surface area contributed by atoms with Crippen LogP contribution in [0.25, 0.3) is 45.8 Å². The minimum absolute atomic E-state index is 1.02. The fourth-order valence-corrected chi connectivity index (χ4v) is 4.78. The molecule has 0 unspecified atom stereocenters. The van der Waals surface area contributed by atoms with Crippen LogP contribution in [0.2, 0.25) is 0 Å². The van der Waals surface area contributed by atoms with Crippen LogP contribution in [0.4, 0.5) is 0 Å². The van der Waals surface area contributed by atoms with Crippen molar-refractivity contribution in [3.8, 4) is 11.8 Å². The highest BCUT2D eigenvalue weighted by atomic mass is 14.0. The van der Waals surface area contributed by atoms with Gasteiger partial charge in [-0.05, 0) is 94.0 Å². The van der Waals surface area contributed by atoms with Crippen molar-refractivity contribution in [3.63, 3.8) is 0 Å². The van der Waals surface area contributed by atoms with Crippen molar-refractivity contribution in [2.24, 2.45) is 0 Å². The van der Waals surface area contributed by atoms with E-state index in [-0.39, 0.29) is 0 Å². The topological polar surface area (TPSA) is 0 Å². The van der Waals surface area contributed by atoms with Crippen molar-refractivity contribution < 1.29 is 0 Å². The molecule has 190 valence electrons. The summed E-state index contributed by atoms with van der Waals surface area (Å²) in [5, 5.41) is 4.83. The Morgan fingerprint density at radius 1 is 0.350 bits per heavy atom. The average molecular weight is 511 g/mol. The van der Waals surface area contributed by atoms with E-state index in [1.807, 2.05) is 0 Å². The molecule has 40 heavy (non-hydrogen) atoms. The molecule has 0 fully saturated rings. The Kier molecular flexibility index (Phi) is 7.12. The number of fused-ring (bicyclic) bond motifs is 2. The van der Waals surface area contributed by atoms with Gasteiger partial charge < -0.3 is 0 Å². The summed E-state index contributed by atoms with van der Waals surface area (Å²) in [5.74, 6) is 6.72. The zero-order chi connectivity index (χ0) is 27.3. The molecule has 0 atom stereocenters. The van der Waals surface area contributed by atoms with Crippen LogP contribution in [0.5, 0.6) is 0 Å². The molecule has 0 saturated heterocycles. The molecule has 6 rings (SSSR count). The van der Waals surface area contributed by atoms with Crippen LogP contribution in [-0.4, -0.2) is 0 Å². The fourth-order valence-electron chi connectivity index (χ4n) is 4.78. The lowest BCUT2D eigenvalue weighted by Crippen LogP contribution is -1.81. The third-order valence-corrected chi connectivity index (χ3v) is 7.17. The number of hydrogen-bond acceptors (Lipinski definition) is 0. The fraction of sp³-hybridized carbons (Fsp3) is 0.0500. The van der Waals surface area contributed by atoms with Gasteiger partial charge in [0.15, 0.2) is 0 Å². The number of aryl methyl sites for hydroxylation is 2. The second-order valence-corrected chi connectivity index (χ2v) is 10.4. The second kappa shape index (κ2) is 11.3. The largest absolute Gasteiger partial charge is 0.0616 e. The van der Waals surface area contributed by atoms with E-state index in [0.717, 1.165) is 11.1 Å². The normalized spacial score (nSPS) is 11.3. The van der Waals surface area contributed by atoms with Crippen molar-refractivity contribution in [3.05, 3.63) is 166 Å². The maximum absolute atomic E-state index is 3.36. The van der Waals surface area contributed by atoms with Gasteiger partial charge in [-0.1, -0.05) is 132 Å². The molecular weight excluding hydrogens is 480 g/mol. The molecule has 0 bridgehead atoms. The summed E-state index contributed by atoms with van der Waals surface area (Å²) in [6.07, 6.45) is 8.65. The highest BCUT2D eigenvalue weighted by Crippen LogP contribution is 2.21. The van der Waals surface area contributed by atoms with Gasteiger partial charge in [0.05, 0.1) is 0 Å².